The number of aromatic hydroxyl groups is 1. The molecule has 6 nitrogen and oxygen atoms in total. The number of hydrogen-bond donors (Lipinski definition) is 3. The molecular weight excluding hydrogens is 278 g/mol. The van der Waals surface area contributed by atoms with Gasteiger partial charge in [0.2, 0.25) is 0 Å². The molecule has 1 aromatic rings. The molecule has 1 aromatic carbocycles. The number of nitrogens with zero attached hydrogens (tertiary/aromatic N) is 3. The van der Waals surface area contributed by atoms with Crippen LogP contribution in [0, 0.1) is 0 Å². The number of phenols is 1. The fourth-order valence-corrected chi connectivity index (χ4v) is 1.82. The summed E-state index contributed by atoms with van der Waals surface area (Å²) in [4.78, 5) is 2.48. The Morgan fingerprint density at radius 3 is 2.69 bits per heavy atom. The van der Waals surface area contributed by atoms with Gasteiger partial charge in [-0.2, -0.15) is 0 Å². The fraction of sp³-hybridized carbons (Fsp3) is 0.333. The molecule has 7 heteroatoms. The normalized spacial score (nSPS) is 13.9. The summed E-state index contributed by atoms with van der Waals surface area (Å²) in [6.45, 7) is -0.265. The smallest absolute Gasteiger partial charge is 0.122 e. The third kappa shape index (κ3) is 2.86. The number of hydrogen-bond acceptors (Lipinski definition) is 4. The zero-order chi connectivity index (χ0) is 12.1. The number of benzene rings is 1. The van der Waals surface area contributed by atoms with Crippen LogP contribution in [0.1, 0.15) is 11.7 Å². The van der Waals surface area contributed by atoms with Crippen molar-refractivity contribution >= 4 is 15.9 Å². The first-order valence-corrected chi connectivity index (χ1v) is 5.21. The summed E-state index contributed by atoms with van der Waals surface area (Å²) in [6.07, 6.45) is -2.58. The average Bonchev–Trinajstić information content (AvgIpc) is 2.25. The molecule has 0 amide bonds. The van der Waals surface area contributed by atoms with Crippen molar-refractivity contribution in [3.63, 3.8) is 0 Å². The van der Waals surface area contributed by atoms with E-state index in [0.717, 1.165) is 0 Å². The predicted molar refractivity (Wildman–Crippen MR) is 60.8 cm³/mol. The monoisotopic (exact) mass is 287 g/mol. The van der Waals surface area contributed by atoms with Crippen molar-refractivity contribution < 1.29 is 15.3 Å². The van der Waals surface area contributed by atoms with Crippen LogP contribution in [-0.2, 0) is 0 Å². The van der Waals surface area contributed by atoms with Crippen LogP contribution in [0.2, 0.25) is 0 Å². The van der Waals surface area contributed by atoms with Gasteiger partial charge in [0.15, 0.2) is 0 Å². The highest BCUT2D eigenvalue weighted by atomic mass is 79.9. The Bertz CT molecular complexity index is 400. The molecule has 2 unspecified atom stereocenters. The molecule has 0 bridgehead atoms. The number of aliphatic hydroxyl groups excluding tert-OH is 2. The summed E-state index contributed by atoms with van der Waals surface area (Å²) in [5.74, 6) is -0.137. The van der Waals surface area contributed by atoms with Gasteiger partial charge in [-0.3, -0.25) is 0 Å². The van der Waals surface area contributed by atoms with Gasteiger partial charge in [-0.1, -0.05) is 27.1 Å². The molecule has 0 fully saturated rings. The summed E-state index contributed by atoms with van der Waals surface area (Å²) in [5.41, 5.74) is 8.25. The van der Waals surface area contributed by atoms with Gasteiger partial charge >= 0.3 is 0 Å². The molecule has 0 saturated carbocycles. The summed E-state index contributed by atoms with van der Waals surface area (Å²) in [6, 6.07) is 4.61. The van der Waals surface area contributed by atoms with E-state index in [4.69, 9.17) is 5.53 Å². The topological polar surface area (TPSA) is 109 Å². The molecule has 0 spiro atoms. The summed E-state index contributed by atoms with van der Waals surface area (Å²) in [5, 5.41) is 31.9. The average molecular weight is 288 g/mol. The van der Waals surface area contributed by atoms with E-state index in [1.807, 2.05) is 0 Å². The van der Waals surface area contributed by atoms with E-state index in [2.05, 4.69) is 26.0 Å². The molecular formula is C9H10BrN3O3. The summed E-state index contributed by atoms with van der Waals surface area (Å²) >= 11 is 3.15. The van der Waals surface area contributed by atoms with Crippen LogP contribution in [0.3, 0.4) is 0 Å². The Morgan fingerprint density at radius 2 is 2.12 bits per heavy atom. The van der Waals surface area contributed by atoms with Crippen molar-refractivity contribution in [1.82, 2.24) is 0 Å². The number of aliphatic hydroxyl groups is 2. The molecule has 0 aliphatic rings. The molecule has 1 rings (SSSR count). The quantitative estimate of drug-likeness (QED) is 0.447. The number of halogens is 1. The molecule has 0 radical (unpaired) electrons. The summed E-state index contributed by atoms with van der Waals surface area (Å²) < 4.78 is 0.472. The van der Waals surface area contributed by atoms with Crippen LogP contribution in [-0.4, -0.2) is 28.0 Å². The molecule has 16 heavy (non-hydrogen) atoms. The van der Waals surface area contributed by atoms with E-state index < -0.39 is 12.2 Å². The van der Waals surface area contributed by atoms with Gasteiger partial charge in [0.1, 0.15) is 11.9 Å². The molecule has 0 aliphatic heterocycles. The van der Waals surface area contributed by atoms with Gasteiger partial charge < -0.3 is 15.3 Å². The molecule has 0 aromatic heterocycles. The minimum atomic E-state index is -1.32. The first-order valence-electron chi connectivity index (χ1n) is 4.42. The van der Waals surface area contributed by atoms with Gasteiger partial charge in [-0.15, -0.1) is 0 Å². The number of azide groups is 1. The van der Waals surface area contributed by atoms with E-state index in [0.29, 0.717) is 4.47 Å². The van der Waals surface area contributed by atoms with Crippen LogP contribution in [0.25, 0.3) is 10.4 Å². The molecule has 0 heterocycles. The van der Waals surface area contributed by atoms with Crippen LogP contribution < -0.4 is 0 Å². The van der Waals surface area contributed by atoms with Crippen LogP contribution >= 0.6 is 15.9 Å². The lowest BCUT2D eigenvalue weighted by molar-refractivity contribution is 0.0226. The van der Waals surface area contributed by atoms with Crippen molar-refractivity contribution in [1.29, 1.82) is 0 Å². The zero-order valence-corrected chi connectivity index (χ0v) is 9.74. The van der Waals surface area contributed by atoms with Gasteiger partial charge in [-0.05, 0) is 17.7 Å². The highest BCUT2D eigenvalue weighted by Gasteiger charge is 2.22. The minimum Gasteiger partial charge on any atom is -0.508 e. The maximum atomic E-state index is 9.75. The van der Waals surface area contributed by atoms with Crippen molar-refractivity contribution in [3.05, 3.63) is 38.7 Å². The van der Waals surface area contributed by atoms with Crippen molar-refractivity contribution in [2.75, 3.05) is 6.54 Å². The maximum Gasteiger partial charge on any atom is 0.122 e. The van der Waals surface area contributed by atoms with Crippen LogP contribution in [0.15, 0.2) is 27.8 Å². The Morgan fingerprint density at radius 1 is 1.44 bits per heavy atom. The fourth-order valence-electron chi connectivity index (χ4n) is 1.23. The Hall–Kier alpha value is -1.27. The van der Waals surface area contributed by atoms with E-state index in [9.17, 15) is 15.3 Å². The standard InChI is InChI=1S/C9H10BrN3O3/c10-5-2-1-3-6(14)8(5)9(16)7(15)4-12-13-11/h1-3,7,9,14-16H,4H2. The first-order chi connectivity index (χ1) is 7.57. The van der Waals surface area contributed by atoms with Gasteiger partial charge in [-0.25, -0.2) is 0 Å². The highest BCUT2D eigenvalue weighted by molar-refractivity contribution is 9.10. The zero-order valence-electron chi connectivity index (χ0n) is 8.16. The third-order valence-electron chi connectivity index (χ3n) is 2.02. The summed E-state index contributed by atoms with van der Waals surface area (Å²) in [7, 11) is 0. The van der Waals surface area contributed by atoms with Gasteiger partial charge in [0, 0.05) is 14.9 Å². The van der Waals surface area contributed by atoms with Crippen molar-refractivity contribution in [2.45, 2.75) is 12.2 Å². The minimum absolute atomic E-state index is 0.137. The van der Waals surface area contributed by atoms with Crippen molar-refractivity contribution in [3.8, 4) is 5.75 Å². The predicted octanol–water partition coefficient (Wildman–Crippen LogP) is 1.86. The third-order valence-corrected chi connectivity index (χ3v) is 2.71. The largest absolute Gasteiger partial charge is 0.508 e. The number of rotatable bonds is 4. The van der Waals surface area contributed by atoms with Gasteiger partial charge in [0.05, 0.1) is 12.6 Å². The lowest BCUT2D eigenvalue weighted by Gasteiger charge is -2.18. The second-order valence-electron chi connectivity index (χ2n) is 3.10. The Labute approximate surface area is 99.9 Å². The lowest BCUT2D eigenvalue weighted by atomic mass is 10.0. The Balaban J connectivity index is 2.95. The second-order valence-corrected chi connectivity index (χ2v) is 3.95. The second kappa shape index (κ2) is 5.72. The molecule has 0 aliphatic carbocycles. The molecule has 0 saturated heterocycles. The van der Waals surface area contributed by atoms with E-state index in [-0.39, 0.29) is 17.9 Å². The molecule has 86 valence electrons. The van der Waals surface area contributed by atoms with Gasteiger partial charge in [0.25, 0.3) is 0 Å². The van der Waals surface area contributed by atoms with Crippen molar-refractivity contribution in [2.24, 2.45) is 5.11 Å². The van der Waals surface area contributed by atoms with E-state index in [1.54, 1.807) is 12.1 Å². The Kier molecular flexibility index (Phi) is 4.57. The van der Waals surface area contributed by atoms with E-state index in [1.165, 1.54) is 6.07 Å². The lowest BCUT2D eigenvalue weighted by Crippen LogP contribution is -2.21. The molecule has 3 N–H and O–H groups in total. The molecule has 2 atom stereocenters. The highest BCUT2D eigenvalue weighted by Crippen LogP contribution is 2.33. The maximum absolute atomic E-state index is 9.75. The van der Waals surface area contributed by atoms with Crippen LogP contribution in [0.4, 0.5) is 0 Å². The first kappa shape index (κ1) is 12.8. The number of phenolic OH excluding ortho intramolecular Hbond substituents is 1. The van der Waals surface area contributed by atoms with Crippen LogP contribution in [0.5, 0.6) is 5.75 Å². The SMILES string of the molecule is [N-]=[N+]=NCC(O)C(O)c1c(O)cccc1Br. The van der Waals surface area contributed by atoms with E-state index >= 15 is 0 Å².